The highest BCUT2D eigenvalue weighted by molar-refractivity contribution is 5.94. The van der Waals surface area contributed by atoms with Gasteiger partial charge in [-0.05, 0) is 37.1 Å². The third-order valence-corrected chi connectivity index (χ3v) is 3.27. The summed E-state index contributed by atoms with van der Waals surface area (Å²) in [5.41, 5.74) is 1.82. The minimum atomic E-state index is 0.157. The molecule has 0 aliphatic rings. The van der Waals surface area contributed by atoms with Crippen LogP contribution in [0.15, 0.2) is 24.3 Å². The van der Waals surface area contributed by atoms with E-state index in [0.717, 1.165) is 50.0 Å². The second kappa shape index (κ2) is 8.57. The quantitative estimate of drug-likeness (QED) is 0.773. The van der Waals surface area contributed by atoms with Crippen molar-refractivity contribution in [2.24, 2.45) is 0 Å². The zero-order valence-corrected chi connectivity index (χ0v) is 12.4. The molecule has 0 atom stereocenters. The van der Waals surface area contributed by atoms with Crippen molar-refractivity contribution >= 4 is 11.6 Å². The SMILES string of the molecule is CCCCN(CCCC)C(=O)c1ccc(NC)cc1. The molecule has 0 heterocycles. The summed E-state index contributed by atoms with van der Waals surface area (Å²) in [5.74, 6) is 0.157. The smallest absolute Gasteiger partial charge is 0.253 e. The molecule has 0 bridgehead atoms. The number of carbonyl (C=O) groups is 1. The highest BCUT2D eigenvalue weighted by Gasteiger charge is 2.14. The van der Waals surface area contributed by atoms with Crippen molar-refractivity contribution in [3.05, 3.63) is 29.8 Å². The molecule has 0 saturated heterocycles. The van der Waals surface area contributed by atoms with E-state index in [4.69, 9.17) is 0 Å². The van der Waals surface area contributed by atoms with Crippen molar-refractivity contribution in [2.45, 2.75) is 39.5 Å². The molecular weight excluding hydrogens is 236 g/mol. The van der Waals surface area contributed by atoms with E-state index in [-0.39, 0.29) is 5.91 Å². The fraction of sp³-hybridized carbons (Fsp3) is 0.562. The summed E-state index contributed by atoms with van der Waals surface area (Å²) in [6, 6.07) is 7.70. The third kappa shape index (κ3) is 4.93. The van der Waals surface area contributed by atoms with Crippen molar-refractivity contribution < 1.29 is 4.79 Å². The first-order valence-corrected chi connectivity index (χ1v) is 7.30. The van der Waals surface area contributed by atoms with Crippen LogP contribution in [0.3, 0.4) is 0 Å². The van der Waals surface area contributed by atoms with E-state index in [1.165, 1.54) is 0 Å². The number of nitrogens with one attached hydrogen (secondary N) is 1. The third-order valence-electron chi connectivity index (χ3n) is 3.27. The first kappa shape index (κ1) is 15.5. The molecule has 1 amide bonds. The standard InChI is InChI=1S/C16H26N2O/c1-4-6-12-18(13-7-5-2)16(19)14-8-10-15(17-3)11-9-14/h8-11,17H,4-7,12-13H2,1-3H3. The van der Waals surface area contributed by atoms with Crippen LogP contribution in [-0.4, -0.2) is 30.9 Å². The Labute approximate surface area is 117 Å². The zero-order valence-electron chi connectivity index (χ0n) is 12.4. The van der Waals surface area contributed by atoms with Crippen molar-refractivity contribution in [1.29, 1.82) is 0 Å². The van der Waals surface area contributed by atoms with Gasteiger partial charge in [-0.2, -0.15) is 0 Å². The molecule has 0 fully saturated rings. The minimum absolute atomic E-state index is 0.157. The highest BCUT2D eigenvalue weighted by Crippen LogP contribution is 2.12. The first-order valence-electron chi connectivity index (χ1n) is 7.30. The van der Waals surface area contributed by atoms with E-state index in [0.29, 0.717) is 0 Å². The molecule has 3 nitrogen and oxygen atoms in total. The van der Waals surface area contributed by atoms with Crippen LogP contribution in [-0.2, 0) is 0 Å². The minimum Gasteiger partial charge on any atom is -0.388 e. The van der Waals surface area contributed by atoms with Gasteiger partial charge in [-0.25, -0.2) is 0 Å². The summed E-state index contributed by atoms with van der Waals surface area (Å²) in [5, 5.41) is 3.07. The second-order valence-corrected chi connectivity index (χ2v) is 4.83. The molecule has 1 rings (SSSR count). The molecule has 1 N–H and O–H groups in total. The monoisotopic (exact) mass is 262 g/mol. The van der Waals surface area contributed by atoms with Crippen molar-refractivity contribution in [3.8, 4) is 0 Å². The molecule has 1 aromatic carbocycles. The maximum atomic E-state index is 12.5. The predicted molar refractivity (Wildman–Crippen MR) is 81.7 cm³/mol. The van der Waals surface area contributed by atoms with E-state index >= 15 is 0 Å². The number of hydrogen-bond donors (Lipinski definition) is 1. The number of amides is 1. The maximum Gasteiger partial charge on any atom is 0.253 e. The first-order chi connectivity index (χ1) is 9.22. The van der Waals surface area contributed by atoms with Gasteiger partial charge in [0.15, 0.2) is 0 Å². The second-order valence-electron chi connectivity index (χ2n) is 4.83. The summed E-state index contributed by atoms with van der Waals surface area (Å²) in [4.78, 5) is 14.4. The Morgan fingerprint density at radius 1 is 1.05 bits per heavy atom. The summed E-state index contributed by atoms with van der Waals surface area (Å²) >= 11 is 0. The summed E-state index contributed by atoms with van der Waals surface area (Å²) in [7, 11) is 1.88. The van der Waals surface area contributed by atoms with Gasteiger partial charge in [0.25, 0.3) is 5.91 Å². The molecule has 0 spiro atoms. The highest BCUT2D eigenvalue weighted by atomic mass is 16.2. The molecular formula is C16H26N2O. The molecule has 0 saturated carbocycles. The lowest BCUT2D eigenvalue weighted by molar-refractivity contribution is 0.0751. The van der Waals surface area contributed by atoms with Gasteiger partial charge in [-0.1, -0.05) is 26.7 Å². The van der Waals surface area contributed by atoms with Crippen LogP contribution in [0.4, 0.5) is 5.69 Å². The van der Waals surface area contributed by atoms with E-state index in [1.807, 2.05) is 36.2 Å². The van der Waals surface area contributed by atoms with Crippen LogP contribution in [0, 0.1) is 0 Å². The van der Waals surface area contributed by atoms with Gasteiger partial charge >= 0.3 is 0 Å². The van der Waals surface area contributed by atoms with Gasteiger partial charge in [-0.15, -0.1) is 0 Å². The molecule has 1 aromatic rings. The summed E-state index contributed by atoms with van der Waals surface area (Å²) in [6.45, 7) is 6.04. The topological polar surface area (TPSA) is 32.3 Å². The van der Waals surface area contributed by atoms with Crippen LogP contribution < -0.4 is 5.32 Å². The maximum absolute atomic E-state index is 12.5. The van der Waals surface area contributed by atoms with E-state index in [2.05, 4.69) is 19.2 Å². The number of rotatable bonds is 8. The number of unbranched alkanes of at least 4 members (excludes halogenated alkanes) is 2. The molecule has 3 heteroatoms. The normalized spacial score (nSPS) is 10.3. The van der Waals surface area contributed by atoms with Gasteiger partial charge in [0.2, 0.25) is 0 Å². The van der Waals surface area contributed by atoms with Gasteiger partial charge in [0.05, 0.1) is 0 Å². The van der Waals surface area contributed by atoms with Crippen LogP contribution >= 0.6 is 0 Å². The zero-order chi connectivity index (χ0) is 14.1. The Bertz CT molecular complexity index is 365. The molecule has 0 aliphatic carbocycles. The molecule has 0 unspecified atom stereocenters. The van der Waals surface area contributed by atoms with Gasteiger partial charge in [0.1, 0.15) is 0 Å². The largest absolute Gasteiger partial charge is 0.388 e. The van der Waals surface area contributed by atoms with Crippen LogP contribution in [0.2, 0.25) is 0 Å². The van der Waals surface area contributed by atoms with Crippen LogP contribution in [0.5, 0.6) is 0 Å². The average molecular weight is 262 g/mol. The lowest BCUT2D eigenvalue weighted by Crippen LogP contribution is -2.32. The molecule has 0 aromatic heterocycles. The van der Waals surface area contributed by atoms with Crippen LogP contribution in [0.25, 0.3) is 0 Å². The Morgan fingerprint density at radius 2 is 1.58 bits per heavy atom. The Morgan fingerprint density at radius 3 is 2.00 bits per heavy atom. The predicted octanol–water partition coefficient (Wildman–Crippen LogP) is 3.77. The van der Waals surface area contributed by atoms with Crippen molar-refractivity contribution in [1.82, 2.24) is 4.90 Å². The molecule has 0 radical (unpaired) electrons. The van der Waals surface area contributed by atoms with Gasteiger partial charge in [-0.3, -0.25) is 4.79 Å². The van der Waals surface area contributed by atoms with Crippen molar-refractivity contribution in [3.63, 3.8) is 0 Å². The Kier molecular flexibility index (Phi) is 7.01. The lowest BCUT2D eigenvalue weighted by atomic mass is 10.1. The number of nitrogens with zero attached hydrogens (tertiary/aromatic N) is 1. The van der Waals surface area contributed by atoms with Crippen LogP contribution in [0.1, 0.15) is 49.9 Å². The number of carbonyl (C=O) groups excluding carboxylic acids is 1. The van der Waals surface area contributed by atoms with Gasteiger partial charge in [0, 0.05) is 31.4 Å². The van der Waals surface area contributed by atoms with Crippen molar-refractivity contribution in [2.75, 3.05) is 25.5 Å². The number of anilines is 1. The number of benzene rings is 1. The van der Waals surface area contributed by atoms with E-state index < -0.39 is 0 Å². The molecule has 19 heavy (non-hydrogen) atoms. The number of hydrogen-bond acceptors (Lipinski definition) is 2. The van der Waals surface area contributed by atoms with E-state index in [1.54, 1.807) is 0 Å². The Hall–Kier alpha value is -1.51. The van der Waals surface area contributed by atoms with Gasteiger partial charge < -0.3 is 10.2 Å². The molecule has 0 aliphatic heterocycles. The summed E-state index contributed by atoms with van der Waals surface area (Å²) < 4.78 is 0. The summed E-state index contributed by atoms with van der Waals surface area (Å²) in [6.07, 6.45) is 4.39. The lowest BCUT2D eigenvalue weighted by Gasteiger charge is -2.22. The fourth-order valence-electron chi connectivity index (χ4n) is 1.97. The molecule has 106 valence electrons. The fourth-order valence-corrected chi connectivity index (χ4v) is 1.97. The van der Waals surface area contributed by atoms with E-state index in [9.17, 15) is 4.79 Å². The average Bonchev–Trinajstić information content (AvgIpc) is 2.47. The Balaban J connectivity index is 2.72.